The highest BCUT2D eigenvalue weighted by Crippen LogP contribution is 2.17. The number of halogens is 1. The molecule has 2 N–H and O–H groups in total. The van der Waals surface area contributed by atoms with Gasteiger partial charge in [0.15, 0.2) is 5.96 Å². The molecule has 0 atom stereocenters. The first-order valence-corrected chi connectivity index (χ1v) is 8.52. The highest BCUT2D eigenvalue weighted by molar-refractivity contribution is 14.0. The molecule has 0 heterocycles. The molecular weight excluding hydrogens is 401 g/mol. The van der Waals surface area contributed by atoms with Gasteiger partial charge in [-0.1, -0.05) is 37.1 Å². The molecule has 0 radical (unpaired) electrons. The average molecular weight is 431 g/mol. The molecule has 130 valence electrons. The molecule has 0 unspecified atom stereocenters. The van der Waals surface area contributed by atoms with Gasteiger partial charge in [-0.3, -0.25) is 0 Å². The fourth-order valence-corrected chi connectivity index (χ4v) is 2.71. The van der Waals surface area contributed by atoms with Crippen molar-refractivity contribution in [1.82, 2.24) is 10.6 Å². The standard InChI is InChI=1S/C18H29N3O.HI/c1-3-19-18(21-17-7-5-6-8-17)20-13-15-9-11-16(12-10-15)14-22-4-2;/h9-12,17H,3-8,13-14H2,1-2H3,(H2,19,20,21);1H. The molecule has 2 rings (SSSR count). The number of nitrogens with zero attached hydrogens (tertiary/aromatic N) is 1. The van der Waals surface area contributed by atoms with Crippen molar-refractivity contribution in [2.75, 3.05) is 13.2 Å². The second kappa shape index (κ2) is 11.7. The van der Waals surface area contributed by atoms with E-state index in [1.165, 1.54) is 36.8 Å². The molecule has 1 fully saturated rings. The fourth-order valence-electron chi connectivity index (χ4n) is 2.71. The Balaban J connectivity index is 0.00000264. The lowest BCUT2D eigenvalue weighted by Gasteiger charge is -2.16. The summed E-state index contributed by atoms with van der Waals surface area (Å²) < 4.78 is 5.42. The summed E-state index contributed by atoms with van der Waals surface area (Å²) in [4.78, 5) is 4.70. The van der Waals surface area contributed by atoms with Gasteiger partial charge in [0.25, 0.3) is 0 Å². The van der Waals surface area contributed by atoms with Gasteiger partial charge in [-0.05, 0) is 37.8 Å². The van der Waals surface area contributed by atoms with E-state index >= 15 is 0 Å². The third-order valence-electron chi connectivity index (χ3n) is 3.96. The summed E-state index contributed by atoms with van der Waals surface area (Å²) in [7, 11) is 0. The van der Waals surface area contributed by atoms with Crippen molar-refractivity contribution >= 4 is 29.9 Å². The van der Waals surface area contributed by atoms with Crippen molar-refractivity contribution < 1.29 is 4.74 Å². The van der Waals surface area contributed by atoms with E-state index in [0.717, 1.165) is 19.1 Å². The minimum atomic E-state index is 0. The van der Waals surface area contributed by atoms with Crippen LogP contribution in [0.3, 0.4) is 0 Å². The van der Waals surface area contributed by atoms with Gasteiger partial charge < -0.3 is 15.4 Å². The maximum atomic E-state index is 5.42. The van der Waals surface area contributed by atoms with Crippen LogP contribution in [-0.2, 0) is 17.9 Å². The lowest BCUT2D eigenvalue weighted by molar-refractivity contribution is 0.134. The normalized spacial score (nSPS) is 15.3. The molecule has 1 aliphatic rings. The van der Waals surface area contributed by atoms with E-state index < -0.39 is 0 Å². The van der Waals surface area contributed by atoms with Crippen LogP contribution in [0.25, 0.3) is 0 Å². The lowest BCUT2D eigenvalue weighted by atomic mass is 10.1. The first kappa shape index (κ1) is 20.2. The van der Waals surface area contributed by atoms with Crippen LogP contribution in [0.2, 0.25) is 0 Å². The molecule has 23 heavy (non-hydrogen) atoms. The molecule has 5 heteroatoms. The van der Waals surface area contributed by atoms with Crippen LogP contribution in [-0.4, -0.2) is 25.2 Å². The first-order chi connectivity index (χ1) is 10.8. The fraction of sp³-hybridized carbons (Fsp3) is 0.611. The second-order valence-corrected chi connectivity index (χ2v) is 5.77. The van der Waals surface area contributed by atoms with Crippen LogP contribution in [0.5, 0.6) is 0 Å². The van der Waals surface area contributed by atoms with Gasteiger partial charge >= 0.3 is 0 Å². The smallest absolute Gasteiger partial charge is 0.191 e. The van der Waals surface area contributed by atoms with E-state index in [1.54, 1.807) is 0 Å². The summed E-state index contributed by atoms with van der Waals surface area (Å²) in [5.74, 6) is 0.938. The van der Waals surface area contributed by atoms with Crippen molar-refractivity contribution in [3.63, 3.8) is 0 Å². The van der Waals surface area contributed by atoms with E-state index in [9.17, 15) is 0 Å². The molecule has 0 bridgehead atoms. The number of guanidine groups is 1. The van der Waals surface area contributed by atoms with Crippen molar-refractivity contribution in [2.45, 2.75) is 58.7 Å². The Morgan fingerprint density at radius 2 is 1.78 bits per heavy atom. The summed E-state index contributed by atoms with van der Waals surface area (Å²) in [6.07, 6.45) is 5.18. The molecule has 1 saturated carbocycles. The molecule has 1 aliphatic carbocycles. The Hall–Kier alpha value is -0.820. The topological polar surface area (TPSA) is 45.7 Å². The molecular formula is C18H30IN3O. The number of aliphatic imine (C=N–C) groups is 1. The molecule has 0 aromatic heterocycles. The zero-order chi connectivity index (χ0) is 15.6. The van der Waals surface area contributed by atoms with Gasteiger partial charge in [-0.2, -0.15) is 0 Å². The monoisotopic (exact) mass is 431 g/mol. The molecule has 1 aromatic carbocycles. The van der Waals surface area contributed by atoms with E-state index in [4.69, 9.17) is 9.73 Å². The SMILES string of the molecule is CCNC(=NCc1ccc(COCC)cc1)NC1CCCC1.I. The van der Waals surface area contributed by atoms with E-state index in [1.807, 2.05) is 6.92 Å². The lowest BCUT2D eigenvalue weighted by Crippen LogP contribution is -2.42. The number of ether oxygens (including phenoxy) is 1. The largest absolute Gasteiger partial charge is 0.377 e. The average Bonchev–Trinajstić information content (AvgIpc) is 3.05. The Bertz CT molecular complexity index is 456. The van der Waals surface area contributed by atoms with Gasteiger partial charge in [0.1, 0.15) is 0 Å². The number of hydrogen-bond acceptors (Lipinski definition) is 2. The molecule has 0 amide bonds. The van der Waals surface area contributed by atoms with Gasteiger partial charge in [0.2, 0.25) is 0 Å². The van der Waals surface area contributed by atoms with Gasteiger partial charge in [0.05, 0.1) is 13.2 Å². The Morgan fingerprint density at radius 1 is 1.13 bits per heavy atom. The molecule has 0 spiro atoms. The number of benzene rings is 1. The summed E-state index contributed by atoms with van der Waals surface area (Å²) in [5.41, 5.74) is 2.44. The Labute approximate surface area is 157 Å². The van der Waals surface area contributed by atoms with Crippen LogP contribution in [0.15, 0.2) is 29.3 Å². The summed E-state index contributed by atoms with van der Waals surface area (Å²) in [5, 5.41) is 6.88. The van der Waals surface area contributed by atoms with E-state index in [2.05, 4.69) is 41.8 Å². The summed E-state index contributed by atoms with van der Waals surface area (Å²) in [6, 6.07) is 9.11. The van der Waals surface area contributed by atoms with Gasteiger partial charge in [-0.25, -0.2) is 4.99 Å². The maximum Gasteiger partial charge on any atom is 0.191 e. The Morgan fingerprint density at radius 3 is 2.39 bits per heavy atom. The quantitative estimate of drug-likeness (QED) is 0.392. The molecule has 0 saturated heterocycles. The van der Waals surface area contributed by atoms with E-state index in [-0.39, 0.29) is 24.0 Å². The molecule has 4 nitrogen and oxygen atoms in total. The predicted octanol–water partition coefficient (Wildman–Crippen LogP) is 3.84. The van der Waals surface area contributed by atoms with Gasteiger partial charge in [0, 0.05) is 19.2 Å². The van der Waals surface area contributed by atoms with Crippen molar-refractivity contribution in [3.05, 3.63) is 35.4 Å². The van der Waals surface area contributed by atoms with Crippen LogP contribution < -0.4 is 10.6 Å². The van der Waals surface area contributed by atoms with Gasteiger partial charge in [-0.15, -0.1) is 24.0 Å². The molecule has 0 aliphatic heterocycles. The highest BCUT2D eigenvalue weighted by Gasteiger charge is 2.15. The Kier molecular flexibility index (Phi) is 10.3. The van der Waals surface area contributed by atoms with Crippen LogP contribution in [0.4, 0.5) is 0 Å². The zero-order valence-corrected chi connectivity index (χ0v) is 16.6. The summed E-state index contributed by atoms with van der Waals surface area (Å²) in [6.45, 7) is 7.16. The third-order valence-corrected chi connectivity index (χ3v) is 3.96. The van der Waals surface area contributed by atoms with Crippen LogP contribution in [0, 0.1) is 0 Å². The third kappa shape index (κ3) is 7.52. The van der Waals surface area contributed by atoms with Crippen LogP contribution in [0.1, 0.15) is 50.7 Å². The van der Waals surface area contributed by atoms with E-state index in [0.29, 0.717) is 19.2 Å². The minimum Gasteiger partial charge on any atom is -0.377 e. The second-order valence-electron chi connectivity index (χ2n) is 5.77. The maximum absolute atomic E-state index is 5.42. The van der Waals surface area contributed by atoms with Crippen LogP contribution >= 0.6 is 24.0 Å². The first-order valence-electron chi connectivity index (χ1n) is 8.52. The number of nitrogens with one attached hydrogen (secondary N) is 2. The highest BCUT2D eigenvalue weighted by atomic mass is 127. The van der Waals surface area contributed by atoms with Crippen molar-refractivity contribution in [3.8, 4) is 0 Å². The predicted molar refractivity (Wildman–Crippen MR) is 107 cm³/mol. The minimum absolute atomic E-state index is 0. The zero-order valence-electron chi connectivity index (χ0n) is 14.3. The number of rotatable bonds is 7. The van der Waals surface area contributed by atoms with Crippen molar-refractivity contribution in [2.24, 2.45) is 4.99 Å². The number of hydrogen-bond donors (Lipinski definition) is 2. The summed E-state index contributed by atoms with van der Waals surface area (Å²) >= 11 is 0. The molecule has 1 aromatic rings. The van der Waals surface area contributed by atoms with Crippen molar-refractivity contribution in [1.29, 1.82) is 0 Å².